The van der Waals surface area contributed by atoms with E-state index in [1.54, 1.807) is 0 Å². The monoisotopic (exact) mass is 210 g/mol. The van der Waals surface area contributed by atoms with Gasteiger partial charge in [-0.05, 0) is 25.8 Å². The molecule has 3 heteroatoms. The molecule has 0 amide bonds. The number of nitrogens with zero attached hydrogens (tertiary/aromatic N) is 2. The van der Waals surface area contributed by atoms with E-state index < -0.39 is 0 Å². The highest BCUT2D eigenvalue weighted by Gasteiger charge is 2.18. The van der Waals surface area contributed by atoms with Crippen LogP contribution in [-0.4, -0.2) is 21.0 Å². The minimum Gasteiger partial charge on any atom is -0.393 e. The Hall–Kier alpha value is -0.830. The van der Waals surface area contributed by atoms with Crippen LogP contribution < -0.4 is 0 Å². The third kappa shape index (κ3) is 3.34. The van der Waals surface area contributed by atoms with Crippen LogP contribution in [0.1, 0.15) is 45.5 Å². The molecule has 86 valence electrons. The van der Waals surface area contributed by atoms with Crippen molar-refractivity contribution in [3.8, 4) is 0 Å². The Morgan fingerprint density at radius 2 is 2.07 bits per heavy atom. The van der Waals surface area contributed by atoms with Crippen molar-refractivity contribution >= 4 is 0 Å². The van der Waals surface area contributed by atoms with Crippen molar-refractivity contribution in [3.05, 3.63) is 17.5 Å². The van der Waals surface area contributed by atoms with Crippen molar-refractivity contribution in [1.29, 1.82) is 0 Å². The average Bonchev–Trinajstić information content (AvgIpc) is 2.42. The fraction of sp³-hybridized carbons (Fsp3) is 0.750. The van der Waals surface area contributed by atoms with Crippen LogP contribution in [0.4, 0.5) is 0 Å². The predicted molar refractivity (Wildman–Crippen MR) is 61.9 cm³/mol. The first-order chi connectivity index (χ1) is 6.80. The highest BCUT2D eigenvalue weighted by atomic mass is 16.3. The Kier molecular flexibility index (Phi) is 3.55. The number of aryl methyl sites for hydroxylation is 2. The van der Waals surface area contributed by atoms with Crippen molar-refractivity contribution in [2.24, 2.45) is 7.05 Å². The molecule has 0 bridgehead atoms. The Morgan fingerprint density at radius 1 is 1.47 bits per heavy atom. The molecule has 0 aromatic carbocycles. The lowest BCUT2D eigenvalue weighted by Crippen LogP contribution is -2.12. The van der Waals surface area contributed by atoms with Crippen LogP contribution in [0, 0.1) is 0 Å². The van der Waals surface area contributed by atoms with Crippen LogP contribution in [0.5, 0.6) is 0 Å². The van der Waals surface area contributed by atoms with Crippen molar-refractivity contribution < 1.29 is 5.11 Å². The van der Waals surface area contributed by atoms with Crippen molar-refractivity contribution in [2.75, 3.05) is 0 Å². The maximum atomic E-state index is 9.24. The summed E-state index contributed by atoms with van der Waals surface area (Å²) < 4.78 is 1.92. The third-order valence-corrected chi connectivity index (χ3v) is 2.56. The average molecular weight is 210 g/mol. The zero-order valence-corrected chi connectivity index (χ0v) is 10.4. The van der Waals surface area contributed by atoms with E-state index in [1.807, 2.05) is 18.7 Å². The van der Waals surface area contributed by atoms with E-state index in [0.717, 1.165) is 18.5 Å². The molecule has 1 atom stereocenters. The molecule has 1 aromatic heterocycles. The fourth-order valence-electron chi connectivity index (χ4n) is 1.46. The lowest BCUT2D eigenvalue weighted by atomic mass is 9.92. The minimum atomic E-state index is -0.238. The molecule has 0 saturated carbocycles. The number of hydrogen-bond donors (Lipinski definition) is 1. The molecule has 3 nitrogen and oxygen atoms in total. The highest BCUT2D eigenvalue weighted by Crippen LogP contribution is 2.21. The molecule has 1 N–H and O–H groups in total. The number of rotatable bonds is 3. The molecular weight excluding hydrogens is 188 g/mol. The van der Waals surface area contributed by atoms with Crippen LogP contribution in [-0.2, 0) is 18.9 Å². The van der Waals surface area contributed by atoms with Gasteiger partial charge in [-0.15, -0.1) is 0 Å². The third-order valence-electron chi connectivity index (χ3n) is 2.56. The maximum Gasteiger partial charge on any atom is 0.0680 e. The Balaban J connectivity index is 2.78. The standard InChI is InChI=1S/C12H22N2O/c1-9(15)6-7-10-8-11(12(2,3)4)13-14(10)5/h8-9,15H,6-7H2,1-5H3. The topological polar surface area (TPSA) is 38.1 Å². The van der Waals surface area contributed by atoms with Gasteiger partial charge in [-0.3, -0.25) is 4.68 Å². The summed E-state index contributed by atoms with van der Waals surface area (Å²) in [5, 5.41) is 13.7. The second-order valence-electron chi connectivity index (χ2n) is 5.28. The van der Waals surface area contributed by atoms with E-state index >= 15 is 0 Å². The second kappa shape index (κ2) is 4.35. The van der Waals surface area contributed by atoms with E-state index in [4.69, 9.17) is 0 Å². The van der Waals surface area contributed by atoms with Gasteiger partial charge in [0.1, 0.15) is 0 Å². The summed E-state index contributed by atoms with van der Waals surface area (Å²) in [4.78, 5) is 0. The Labute approximate surface area is 92.1 Å². The zero-order valence-electron chi connectivity index (χ0n) is 10.4. The summed E-state index contributed by atoms with van der Waals surface area (Å²) in [6.07, 6.45) is 1.44. The van der Waals surface area contributed by atoms with Gasteiger partial charge in [-0.1, -0.05) is 20.8 Å². The number of aromatic nitrogens is 2. The fourth-order valence-corrected chi connectivity index (χ4v) is 1.46. The molecule has 0 saturated heterocycles. The quantitative estimate of drug-likeness (QED) is 0.829. The molecule has 0 spiro atoms. The summed E-state index contributed by atoms with van der Waals surface area (Å²) in [7, 11) is 1.96. The first-order valence-electron chi connectivity index (χ1n) is 5.52. The van der Waals surface area contributed by atoms with Gasteiger partial charge in [0, 0.05) is 18.2 Å². The summed E-state index contributed by atoms with van der Waals surface area (Å²) in [6.45, 7) is 8.30. The first-order valence-corrected chi connectivity index (χ1v) is 5.52. The van der Waals surface area contributed by atoms with Crippen LogP contribution in [0.15, 0.2) is 6.07 Å². The molecule has 0 radical (unpaired) electrons. The smallest absolute Gasteiger partial charge is 0.0680 e. The zero-order chi connectivity index (χ0) is 11.6. The minimum absolute atomic E-state index is 0.0981. The predicted octanol–water partition coefficient (Wildman–Crippen LogP) is 2.03. The van der Waals surface area contributed by atoms with Gasteiger partial charge in [-0.2, -0.15) is 5.10 Å². The van der Waals surface area contributed by atoms with Crippen LogP contribution >= 0.6 is 0 Å². The van der Waals surface area contributed by atoms with E-state index in [-0.39, 0.29) is 11.5 Å². The van der Waals surface area contributed by atoms with E-state index in [2.05, 4.69) is 31.9 Å². The normalized spacial score (nSPS) is 14.3. The van der Waals surface area contributed by atoms with E-state index in [1.165, 1.54) is 5.69 Å². The van der Waals surface area contributed by atoms with Gasteiger partial charge in [0.15, 0.2) is 0 Å². The van der Waals surface area contributed by atoms with Crippen molar-refractivity contribution in [3.63, 3.8) is 0 Å². The second-order valence-corrected chi connectivity index (χ2v) is 5.28. The van der Waals surface area contributed by atoms with Gasteiger partial charge in [0.2, 0.25) is 0 Å². The highest BCUT2D eigenvalue weighted by molar-refractivity contribution is 5.17. The number of aliphatic hydroxyl groups is 1. The first kappa shape index (κ1) is 12.2. The van der Waals surface area contributed by atoms with Crippen LogP contribution in [0.2, 0.25) is 0 Å². The molecule has 0 aliphatic rings. The summed E-state index contributed by atoms with van der Waals surface area (Å²) in [6, 6.07) is 2.14. The van der Waals surface area contributed by atoms with Gasteiger partial charge >= 0.3 is 0 Å². The van der Waals surface area contributed by atoms with Gasteiger partial charge in [0.25, 0.3) is 0 Å². The molecule has 1 heterocycles. The van der Waals surface area contributed by atoms with Gasteiger partial charge < -0.3 is 5.11 Å². The molecule has 0 aliphatic heterocycles. The molecule has 1 unspecified atom stereocenters. The lowest BCUT2D eigenvalue weighted by molar-refractivity contribution is 0.184. The van der Waals surface area contributed by atoms with Crippen LogP contribution in [0.25, 0.3) is 0 Å². The maximum absolute atomic E-state index is 9.24. The molecular formula is C12H22N2O. The lowest BCUT2D eigenvalue weighted by Gasteiger charge is -2.13. The molecule has 15 heavy (non-hydrogen) atoms. The SMILES string of the molecule is CC(O)CCc1cc(C(C)(C)C)nn1C. The van der Waals surface area contributed by atoms with Crippen molar-refractivity contribution in [2.45, 2.75) is 52.1 Å². The molecule has 0 aliphatic carbocycles. The van der Waals surface area contributed by atoms with Gasteiger partial charge in [0.05, 0.1) is 11.8 Å². The molecule has 1 rings (SSSR count). The molecule has 0 fully saturated rings. The summed E-state index contributed by atoms with van der Waals surface area (Å²) in [5.41, 5.74) is 2.41. The number of aliphatic hydroxyl groups excluding tert-OH is 1. The Morgan fingerprint density at radius 3 is 2.47 bits per heavy atom. The Bertz CT molecular complexity index is 321. The summed E-state index contributed by atoms with van der Waals surface area (Å²) in [5.74, 6) is 0. The van der Waals surface area contributed by atoms with Crippen molar-refractivity contribution in [1.82, 2.24) is 9.78 Å². The van der Waals surface area contributed by atoms with Gasteiger partial charge in [-0.25, -0.2) is 0 Å². The largest absolute Gasteiger partial charge is 0.393 e. The molecule has 1 aromatic rings. The summed E-state index contributed by atoms with van der Waals surface area (Å²) >= 11 is 0. The van der Waals surface area contributed by atoms with Crippen LogP contribution in [0.3, 0.4) is 0 Å². The van der Waals surface area contributed by atoms with E-state index in [0.29, 0.717) is 0 Å². The van der Waals surface area contributed by atoms with E-state index in [9.17, 15) is 5.11 Å². The number of hydrogen-bond acceptors (Lipinski definition) is 2.